The first kappa shape index (κ1) is 15.9. The molecule has 0 saturated carbocycles. The standard InChI is InChI=1S/C16H13BrN2O3/c1-11-7-8-14(15(9-11)19(21)22)18-16(20)13(17)10-12-5-3-2-4-6-12/h2-10H,1H3,(H,18,20). The van der Waals surface area contributed by atoms with Crippen LogP contribution in [0.5, 0.6) is 0 Å². The maximum Gasteiger partial charge on any atom is 0.293 e. The molecule has 112 valence electrons. The smallest absolute Gasteiger partial charge is 0.293 e. The molecule has 22 heavy (non-hydrogen) atoms. The summed E-state index contributed by atoms with van der Waals surface area (Å²) in [6.07, 6.45) is 1.65. The molecule has 0 unspecified atom stereocenters. The number of nitrogens with zero attached hydrogens (tertiary/aromatic N) is 1. The highest BCUT2D eigenvalue weighted by Gasteiger charge is 2.17. The number of hydrogen-bond donors (Lipinski definition) is 1. The van der Waals surface area contributed by atoms with Crippen LogP contribution in [-0.4, -0.2) is 10.8 Å². The minimum atomic E-state index is -0.516. The van der Waals surface area contributed by atoms with Crippen LogP contribution in [-0.2, 0) is 4.79 Å². The van der Waals surface area contributed by atoms with Gasteiger partial charge >= 0.3 is 0 Å². The van der Waals surface area contributed by atoms with Gasteiger partial charge in [-0.05, 0) is 46.1 Å². The van der Waals surface area contributed by atoms with Crippen molar-refractivity contribution in [2.24, 2.45) is 0 Å². The maximum absolute atomic E-state index is 12.1. The molecule has 0 bridgehead atoms. The average molecular weight is 361 g/mol. The van der Waals surface area contributed by atoms with Gasteiger partial charge in [-0.15, -0.1) is 0 Å². The summed E-state index contributed by atoms with van der Waals surface area (Å²) in [7, 11) is 0. The van der Waals surface area contributed by atoms with E-state index in [0.717, 1.165) is 11.1 Å². The molecule has 2 aromatic carbocycles. The Balaban J connectivity index is 2.22. The van der Waals surface area contributed by atoms with Gasteiger partial charge in [-0.3, -0.25) is 14.9 Å². The normalized spacial score (nSPS) is 11.1. The lowest BCUT2D eigenvalue weighted by atomic mass is 10.2. The molecule has 0 aliphatic heterocycles. The van der Waals surface area contributed by atoms with Crippen molar-refractivity contribution in [3.63, 3.8) is 0 Å². The molecule has 5 nitrogen and oxygen atoms in total. The second-order valence-electron chi connectivity index (χ2n) is 4.63. The summed E-state index contributed by atoms with van der Waals surface area (Å²) in [5.41, 5.74) is 1.64. The van der Waals surface area contributed by atoms with Gasteiger partial charge in [-0.2, -0.15) is 0 Å². The van der Waals surface area contributed by atoms with Crippen molar-refractivity contribution < 1.29 is 9.72 Å². The van der Waals surface area contributed by atoms with E-state index in [-0.39, 0.29) is 15.9 Å². The fourth-order valence-corrected chi connectivity index (χ4v) is 2.21. The molecule has 0 fully saturated rings. The zero-order chi connectivity index (χ0) is 16.1. The Bertz CT molecular complexity index is 742. The molecule has 0 radical (unpaired) electrons. The van der Waals surface area contributed by atoms with Crippen LogP contribution in [0.1, 0.15) is 11.1 Å². The number of anilines is 1. The number of halogens is 1. The third-order valence-electron chi connectivity index (χ3n) is 2.91. The molecular weight excluding hydrogens is 348 g/mol. The zero-order valence-electron chi connectivity index (χ0n) is 11.7. The Labute approximate surface area is 135 Å². The van der Waals surface area contributed by atoms with Gasteiger partial charge in [0.25, 0.3) is 11.6 Å². The summed E-state index contributed by atoms with van der Waals surface area (Å²) in [4.78, 5) is 22.7. The lowest BCUT2D eigenvalue weighted by molar-refractivity contribution is -0.384. The highest BCUT2D eigenvalue weighted by atomic mass is 79.9. The number of nitrogens with one attached hydrogen (secondary N) is 1. The van der Waals surface area contributed by atoms with Gasteiger partial charge in [0.05, 0.1) is 9.41 Å². The molecule has 1 N–H and O–H groups in total. The number of nitro groups is 1. The molecule has 2 aromatic rings. The molecule has 0 heterocycles. The first-order valence-electron chi connectivity index (χ1n) is 6.46. The van der Waals surface area contributed by atoms with Crippen LogP contribution in [0, 0.1) is 17.0 Å². The Morgan fingerprint density at radius 3 is 2.55 bits per heavy atom. The Morgan fingerprint density at radius 1 is 1.23 bits per heavy atom. The zero-order valence-corrected chi connectivity index (χ0v) is 13.3. The van der Waals surface area contributed by atoms with E-state index in [1.165, 1.54) is 12.1 Å². The number of carbonyl (C=O) groups excluding carboxylic acids is 1. The quantitative estimate of drug-likeness (QED) is 0.502. The van der Waals surface area contributed by atoms with Crippen LogP contribution >= 0.6 is 15.9 Å². The Kier molecular flexibility index (Phi) is 5.06. The van der Waals surface area contributed by atoms with E-state index in [0.29, 0.717) is 0 Å². The first-order valence-corrected chi connectivity index (χ1v) is 7.25. The maximum atomic E-state index is 12.1. The van der Waals surface area contributed by atoms with E-state index < -0.39 is 10.8 Å². The van der Waals surface area contributed by atoms with Crippen LogP contribution in [0.15, 0.2) is 53.0 Å². The first-order chi connectivity index (χ1) is 10.5. The van der Waals surface area contributed by atoms with Gasteiger partial charge in [0.15, 0.2) is 0 Å². The van der Waals surface area contributed by atoms with Crippen LogP contribution in [0.2, 0.25) is 0 Å². The van der Waals surface area contributed by atoms with Crippen LogP contribution in [0.4, 0.5) is 11.4 Å². The topological polar surface area (TPSA) is 72.2 Å². The van der Waals surface area contributed by atoms with E-state index >= 15 is 0 Å². The largest absolute Gasteiger partial charge is 0.316 e. The second-order valence-corrected chi connectivity index (χ2v) is 5.49. The SMILES string of the molecule is Cc1ccc(NC(=O)C(Br)=Cc2ccccc2)c([N+](=O)[O-])c1. The van der Waals surface area contributed by atoms with E-state index in [1.807, 2.05) is 30.3 Å². The number of hydrogen-bond acceptors (Lipinski definition) is 3. The van der Waals surface area contributed by atoms with E-state index in [4.69, 9.17) is 0 Å². The van der Waals surface area contributed by atoms with E-state index in [2.05, 4.69) is 21.2 Å². The number of rotatable bonds is 4. The summed E-state index contributed by atoms with van der Waals surface area (Å²) < 4.78 is 0.286. The van der Waals surface area contributed by atoms with Crippen LogP contribution in [0.25, 0.3) is 6.08 Å². The number of nitro benzene ring substituents is 1. The van der Waals surface area contributed by atoms with Gasteiger partial charge in [-0.25, -0.2) is 0 Å². The Morgan fingerprint density at radius 2 is 1.91 bits per heavy atom. The van der Waals surface area contributed by atoms with Gasteiger partial charge < -0.3 is 5.32 Å². The third kappa shape index (κ3) is 4.02. The lowest BCUT2D eigenvalue weighted by Gasteiger charge is -2.06. The number of aryl methyl sites for hydroxylation is 1. The summed E-state index contributed by atoms with van der Waals surface area (Å²) in [6, 6.07) is 13.9. The monoisotopic (exact) mass is 360 g/mol. The highest BCUT2D eigenvalue weighted by molar-refractivity contribution is 9.12. The second kappa shape index (κ2) is 7.00. The summed E-state index contributed by atoms with van der Waals surface area (Å²) in [5, 5.41) is 13.6. The molecule has 0 saturated heterocycles. The predicted molar refractivity (Wildman–Crippen MR) is 89.8 cm³/mol. The predicted octanol–water partition coefficient (Wildman–Crippen LogP) is 4.28. The van der Waals surface area contributed by atoms with Crippen molar-refractivity contribution in [1.82, 2.24) is 0 Å². The van der Waals surface area contributed by atoms with Crippen LogP contribution in [0.3, 0.4) is 0 Å². The van der Waals surface area contributed by atoms with Crippen molar-refractivity contribution in [3.05, 3.63) is 74.3 Å². The van der Waals surface area contributed by atoms with Gasteiger partial charge in [0.2, 0.25) is 0 Å². The molecule has 2 rings (SSSR count). The fraction of sp³-hybridized carbons (Fsp3) is 0.0625. The number of benzene rings is 2. The summed E-state index contributed by atoms with van der Waals surface area (Å²) >= 11 is 3.19. The minimum absolute atomic E-state index is 0.131. The van der Waals surface area contributed by atoms with Crippen molar-refractivity contribution in [1.29, 1.82) is 0 Å². The molecular formula is C16H13BrN2O3. The van der Waals surface area contributed by atoms with Crippen molar-refractivity contribution in [2.75, 3.05) is 5.32 Å². The fourth-order valence-electron chi connectivity index (χ4n) is 1.84. The average Bonchev–Trinajstić information content (AvgIpc) is 2.49. The van der Waals surface area contributed by atoms with Crippen molar-refractivity contribution >= 4 is 39.3 Å². The van der Waals surface area contributed by atoms with Gasteiger partial charge in [0.1, 0.15) is 5.69 Å². The van der Waals surface area contributed by atoms with Crippen LogP contribution < -0.4 is 5.32 Å². The minimum Gasteiger partial charge on any atom is -0.316 e. The molecule has 0 aromatic heterocycles. The van der Waals surface area contributed by atoms with E-state index in [9.17, 15) is 14.9 Å². The highest BCUT2D eigenvalue weighted by Crippen LogP contribution is 2.26. The molecule has 0 atom stereocenters. The number of amides is 1. The molecule has 0 spiro atoms. The molecule has 6 heteroatoms. The van der Waals surface area contributed by atoms with Crippen molar-refractivity contribution in [3.8, 4) is 0 Å². The van der Waals surface area contributed by atoms with E-state index in [1.54, 1.807) is 19.1 Å². The summed E-state index contributed by atoms with van der Waals surface area (Å²) in [5.74, 6) is -0.448. The lowest BCUT2D eigenvalue weighted by Crippen LogP contribution is -2.12. The summed E-state index contributed by atoms with van der Waals surface area (Å²) in [6.45, 7) is 1.75. The third-order valence-corrected chi connectivity index (χ3v) is 3.50. The number of carbonyl (C=O) groups is 1. The van der Waals surface area contributed by atoms with Gasteiger partial charge in [-0.1, -0.05) is 36.4 Å². The van der Waals surface area contributed by atoms with Crippen molar-refractivity contribution in [2.45, 2.75) is 6.92 Å². The van der Waals surface area contributed by atoms with Gasteiger partial charge in [0, 0.05) is 6.07 Å². The molecule has 0 aliphatic carbocycles. The molecule has 0 aliphatic rings. The molecule has 1 amide bonds. The Hall–Kier alpha value is -2.47.